The van der Waals surface area contributed by atoms with Crippen LogP contribution in [0.15, 0.2) is 23.2 Å². The van der Waals surface area contributed by atoms with E-state index in [1.54, 1.807) is 32.9 Å². The maximum atomic E-state index is 11.6. The number of aliphatic imine (C=N–C) groups is 1. The molecule has 0 radical (unpaired) electrons. The van der Waals surface area contributed by atoms with Crippen molar-refractivity contribution < 1.29 is 14.6 Å². The lowest BCUT2D eigenvalue weighted by atomic mass is 10.0. The number of nitrogens with two attached hydrogens (primary N) is 1. The van der Waals surface area contributed by atoms with Gasteiger partial charge in [0.2, 0.25) is 0 Å². The van der Waals surface area contributed by atoms with Crippen LogP contribution in [0, 0.1) is 11.3 Å². The van der Waals surface area contributed by atoms with Gasteiger partial charge in [0.25, 0.3) is 0 Å². The molecule has 112 valence electrons. The first kappa shape index (κ1) is 16.7. The number of nitrogens with zero attached hydrogens (tertiary/aromatic N) is 2. The molecule has 0 saturated heterocycles. The number of aliphatic hydroxyl groups is 1. The molecule has 1 rings (SSSR count). The van der Waals surface area contributed by atoms with Gasteiger partial charge < -0.3 is 15.6 Å². The predicted molar refractivity (Wildman–Crippen MR) is 80.0 cm³/mol. The third kappa shape index (κ3) is 5.63. The molecule has 3 N–H and O–H groups in total. The summed E-state index contributed by atoms with van der Waals surface area (Å²) in [5, 5.41) is 18.1. The second kappa shape index (κ2) is 6.86. The normalized spacial score (nSPS) is 11.9. The Morgan fingerprint density at radius 3 is 2.62 bits per heavy atom. The Labute approximate surface area is 123 Å². The number of benzene rings is 1. The molecule has 1 amide bonds. The fourth-order valence-electron chi connectivity index (χ4n) is 1.59. The van der Waals surface area contributed by atoms with Crippen molar-refractivity contribution in [3.05, 3.63) is 29.3 Å². The van der Waals surface area contributed by atoms with Gasteiger partial charge in [0, 0.05) is 12.1 Å². The van der Waals surface area contributed by atoms with E-state index in [9.17, 15) is 9.90 Å². The Morgan fingerprint density at radius 1 is 1.48 bits per heavy atom. The van der Waals surface area contributed by atoms with Gasteiger partial charge in [-0.25, -0.2) is 4.79 Å². The molecule has 0 heterocycles. The predicted octanol–water partition coefficient (Wildman–Crippen LogP) is 2.05. The highest BCUT2D eigenvalue weighted by Gasteiger charge is 2.16. The molecule has 1 aromatic rings. The summed E-state index contributed by atoms with van der Waals surface area (Å²) < 4.78 is 5.06. The maximum Gasteiger partial charge on any atom is 0.434 e. The van der Waals surface area contributed by atoms with E-state index >= 15 is 0 Å². The summed E-state index contributed by atoms with van der Waals surface area (Å²) in [6, 6.07) is 6.82. The molecule has 1 aromatic carbocycles. The van der Waals surface area contributed by atoms with Crippen molar-refractivity contribution in [2.45, 2.75) is 32.8 Å². The van der Waals surface area contributed by atoms with E-state index < -0.39 is 11.7 Å². The van der Waals surface area contributed by atoms with Crippen LogP contribution in [0.25, 0.3) is 0 Å². The molecule has 21 heavy (non-hydrogen) atoms. The molecule has 0 unspecified atom stereocenters. The van der Waals surface area contributed by atoms with Crippen LogP contribution in [0.4, 0.5) is 10.5 Å². The van der Waals surface area contributed by atoms with Crippen molar-refractivity contribution in [2.75, 3.05) is 12.3 Å². The van der Waals surface area contributed by atoms with Crippen LogP contribution in [0.5, 0.6) is 0 Å². The average molecular weight is 289 g/mol. The monoisotopic (exact) mass is 289 g/mol. The minimum atomic E-state index is -0.751. The lowest BCUT2D eigenvalue weighted by Crippen LogP contribution is -2.23. The topological polar surface area (TPSA) is 109 Å². The van der Waals surface area contributed by atoms with Gasteiger partial charge in [0.15, 0.2) is 0 Å². The Morgan fingerprint density at radius 2 is 2.14 bits per heavy atom. The van der Waals surface area contributed by atoms with Gasteiger partial charge in [-0.15, -0.1) is 0 Å². The van der Waals surface area contributed by atoms with E-state index in [-0.39, 0.29) is 18.7 Å². The van der Waals surface area contributed by atoms with Crippen LogP contribution in [0.1, 0.15) is 31.9 Å². The molecular formula is C15H19N3O3. The zero-order valence-electron chi connectivity index (χ0n) is 12.4. The standard InChI is InChI=1S/C15H19N3O3/c1-15(2,3)21-14(20)18-12(9-19)7-11-5-4-10(8-16)6-13(11)17/h4-6,19H,7,9,17H2,1-3H3. The highest BCUT2D eigenvalue weighted by Crippen LogP contribution is 2.15. The summed E-state index contributed by atoms with van der Waals surface area (Å²) in [6.07, 6.45) is -0.536. The van der Waals surface area contributed by atoms with E-state index in [4.69, 9.17) is 15.7 Å². The highest BCUT2D eigenvalue weighted by atomic mass is 16.6. The lowest BCUT2D eigenvalue weighted by molar-refractivity contribution is 0.0603. The minimum absolute atomic E-state index is 0.216. The Hall–Kier alpha value is -2.39. The Bertz CT molecular complexity index is 595. The quantitative estimate of drug-likeness (QED) is 0.654. The number of nitriles is 1. The summed E-state index contributed by atoms with van der Waals surface area (Å²) in [5.74, 6) is 0. The third-order valence-corrected chi connectivity index (χ3v) is 2.49. The van der Waals surface area contributed by atoms with Crippen LogP contribution in [0.3, 0.4) is 0 Å². The summed E-state index contributed by atoms with van der Waals surface area (Å²) in [4.78, 5) is 15.4. The number of rotatable bonds is 3. The fourth-order valence-corrected chi connectivity index (χ4v) is 1.59. The van der Waals surface area contributed by atoms with Crippen molar-refractivity contribution in [1.82, 2.24) is 0 Å². The number of anilines is 1. The zero-order valence-corrected chi connectivity index (χ0v) is 12.4. The Balaban J connectivity index is 2.88. The molecular weight excluding hydrogens is 270 g/mol. The van der Waals surface area contributed by atoms with Crippen molar-refractivity contribution in [3.8, 4) is 6.07 Å². The zero-order chi connectivity index (χ0) is 16.0. The second-order valence-corrected chi connectivity index (χ2v) is 5.52. The van der Waals surface area contributed by atoms with Crippen molar-refractivity contribution in [1.29, 1.82) is 5.26 Å². The lowest BCUT2D eigenvalue weighted by Gasteiger charge is -2.17. The number of ether oxygens (including phenoxy) is 1. The van der Waals surface area contributed by atoms with Gasteiger partial charge in [-0.1, -0.05) is 6.07 Å². The van der Waals surface area contributed by atoms with Crippen LogP contribution in [-0.4, -0.2) is 29.1 Å². The Kier molecular flexibility index (Phi) is 5.44. The summed E-state index contributed by atoms with van der Waals surface area (Å²) in [5.41, 5.74) is 6.99. The van der Waals surface area contributed by atoms with Crippen LogP contribution >= 0.6 is 0 Å². The highest BCUT2D eigenvalue weighted by molar-refractivity contribution is 5.96. The molecule has 0 aliphatic carbocycles. The number of aliphatic hydroxyl groups excluding tert-OH is 1. The van der Waals surface area contributed by atoms with Gasteiger partial charge in [-0.2, -0.15) is 10.3 Å². The van der Waals surface area contributed by atoms with E-state index in [0.29, 0.717) is 16.8 Å². The average Bonchev–Trinajstić information content (AvgIpc) is 2.37. The van der Waals surface area contributed by atoms with Crippen LogP contribution in [0.2, 0.25) is 0 Å². The molecule has 0 saturated carbocycles. The van der Waals surface area contributed by atoms with Crippen LogP contribution in [-0.2, 0) is 11.2 Å². The van der Waals surface area contributed by atoms with Gasteiger partial charge in [-0.3, -0.25) is 0 Å². The molecule has 0 spiro atoms. The van der Waals surface area contributed by atoms with E-state index in [0.717, 1.165) is 0 Å². The van der Waals surface area contributed by atoms with E-state index in [2.05, 4.69) is 4.99 Å². The number of amides is 1. The van der Waals surface area contributed by atoms with Crippen molar-refractivity contribution >= 4 is 17.5 Å². The second-order valence-electron chi connectivity index (χ2n) is 5.52. The molecule has 6 nitrogen and oxygen atoms in total. The molecule has 0 aromatic heterocycles. The van der Waals surface area contributed by atoms with Gasteiger partial charge in [-0.05, 0) is 38.5 Å². The first-order valence-corrected chi connectivity index (χ1v) is 6.44. The van der Waals surface area contributed by atoms with Crippen LogP contribution < -0.4 is 5.73 Å². The number of carbonyl (C=O) groups is 1. The smallest absolute Gasteiger partial charge is 0.434 e. The van der Waals surface area contributed by atoms with Crippen molar-refractivity contribution in [2.24, 2.45) is 4.99 Å². The first-order valence-electron chi connectivity index (χ1n) is 6.44. The molecule has 0 aliphatic heterocycles. The third-order valence-electron chi connectivity index (χ3n) is 2.49. The molecule has 0 aliphatic rings. The molecule has 0 atom stereocenters. The van der Waals surface area contributed by atoms with E-state index in [1.807, 2.05) is 6.07 Å². The summed E-state index contributed by atoms with van der Waals surface area (Å²) in [7, 11) is 0. The summed E-state index contributed by atoms with van der Waals surface area (Å²) >= 11 is 0. The number of nitrogen functional groups attached to an aromatic ring is 1. The summed E-state index contributed by atoms with van der Waals surface area (Å²) in [6.45, 7) is 4.83. The molecule has 6 heteroatoms. The van der Waals surface area contributed by atoms with Gasteiger partial charge in [0.1, 0.15) is 5.60 Å². The number of carbonyl (C=O) groups excluding carboxylic acids is 1. The van der Waals surface area contributed by atoms with Crippen molar-refractivity contribution in [3.63, 3.8) is 0 Å². The number of hydrogen-bond donors (Lipinski definition) is 2. The fraction of sp³-hybridized carbons (Fsp3) is 0.400. The largest absolute Gasteiger partial charge is 0.442 e. The van der Waals surface area contributed by atoms with Gasteiger partial charge in [0.05, 0.1) is 24.0 Å². The maximum absolute atomic E-state index is 11.6. The first-order chi connectivity index (χ1) is 9.75. The molecule has 0 bridgehead atoms. The van der Waals surface area contributed by atoms with Gasteiger partial charge >= 0.3 is 6.09 Å². The SMILES string of the molecule is CC(C)(C)OC(=O)N=C(CO)Cc1ccc(C#N)cc1N. The number of hydrogen-bond acceptors (Lipinski definition) is 5. The minimum Gasteiger partial charge on any atom is -0.442 e. The van der Waals surface area contributed by atoms with E-state index in [1.165, 1.54) is 6.07 Å². The molecule has 0 fully saturated rings.